The van der Waals surface area contributed by atoms with Crippen LogP contribution < -0.4 is 9.64 Å². The van der Waals surface area contributed by atoms with Gasteiger partial charge < -0.3 is 14.2 Å². The van der Waals surface area contributed by atoms with Crippen molar-refractivity contribution in [2.24, 2.45) is 0 Å². The van der Waals surface area contributed by atoms with E-state index in [1.807, 2.05) is 12.1 Å². The summed E-state index contributed by atoms with van der Waals surface area (Å²) in [6, 6.07) is 21.1. The van der Waals surface area contributed by atoms with Crippen LogP contribution in [0.3, 0.4) is 0 Å². The van der Waals surface area contributed by atoms with Crippen LogP contribution in [-0.2, 0) is 0 Å². The summed E-state index contributed by atoms with van der Waals surface area (Å²) in [5.74, 6) is 0.874. The number of nitrogens with zero attached hydrogens (tertiary/aromatic N) is 2. The fourth-order valence-corrected chi connectivity index (χ4v) is 2.77. The highest BCUT2D eigenvalue weighted by molar-refractivity contribution is 5.65. The Morgan fingerprint density at radius 2 is 1.48 bits per heavy atom. The van der Waals surface area contributed by atoms with Gasteiger partial charge in [-0.15, -0.1) is 0 Å². The SMILES string of the molecule is COc1ccc(-c2ccc(C)n2-c2ccc(N(C)C)cc2)cc1. The molecule has 0 aliphatic carbocycles. The third kappa shape index (κ3) is 2.95. The lowest BCUT2D eigenvalue weighted by molar-refractivity contribution is 0.415. The van der Waals surface area contributed by atoms with Crippen molar-refractivity contribution in [3.8, 4) is 22.7 Å². The first-order chi connectivity index (χ1) is 11.1. The lowest BCUT2D eigenvalue weighted by Crippen LogP contribution is -2.08. The number of hydrogen-bond donors (Lipinski definition) is 0. The minimum absolute atomic E-state index is 0.874. The van der Waals surface area contributed by atoms with Gasteiger partial charge in [-0.3, -0.25) is 0 Å². The van der Waals surface area contributed by atoms with Crippen molar-refractivity contribution in [1.82, 2.24) is 4.57 Å². The summed E-state index contributed by atoms with van der Waals surface area (Å²) in [4.78, 5) is 2.11. The van der Waals surface area contributed by atoms with E-state index in [2.05, 4.69) is 79.0 Å². The fraction of sp³-hybridized carbons (Fsp3) is 0.200. The van der Waals surface area contributed by atoms with Crippen LogP contribution in [0.5, 0.6) is 5.75 Å². The summed E-state index contributed by atoms with van der Waals surface area (Å²) in [5.41, 5.74) is 5.94. The van der Waals surface area contributed by atoms with Gasteiger partial charge >= 0.3 is 0 Å². The van der Waals surface area contributed by atoms with Crippen molar-refractivity contribution in [2.75, 3.05) is 26.1 Å². The molecule has 1 heterocycles. The molecule has 3 nitrogen and oxygen atoms in total. The van der Waals surface area contributed by atoms with E-state index < -0.39 is 0 Å². The van der Waals surface area contributed by atoms with E-state index in [9.17, 15) is 0 Å². The van der Waals surface area contributed by atoms with E-state index >= 15 is 0 Å². The molecule has 23 heavy (non-hydrogen) atoms. The lowest BCUT2D eigenvalue weighted by atomic mass is 10.1. The highest BCUT2D eigenvalue weighted by Gasteiger charge is 2.10. The number of aromatic nitrogens is 1. The summed E-state index contributed by atoms with van der Waals surface area (Å²) in [6.45, 7) is 2.13. The Bertz CT molecular complexity index is 784. The van der Waals surface area contributed by atoms with Gasteiger partial charge in [-0.2, -0.15) is 0 Å². The molecule has 0 aliphatic heterocycles. The van der Waals surface area contributed by atoms with Gasteiger partial charge in [-0.05, 0) is 73.2 Å². The highest BCUT2D eigenvalue weighted by atomic mass is 16.5. The van der Waals surface area contributed by atoms with E-state index in [0.29, 0.717) is 0 Å². The molecule has 0 bridgehead atoms. The Hall–Kier alpha value is -2.68. The molecule has 3 rings (SSSR count). The smallest absolute Gasteiger partial charge is 0.118 e. The molecular weight excluding hydrogens is 284 g/mol. The Morgan fingerprint density at radius 1 is 0.826 bits per heavy atom. The molecule has 0 N–H and O–H groups in total. The molecule has 0 spiro atoms. The predicted octanol–water partition coefficient (Wildman–Crippen LogP) is 4.53. The van der Waals surface area contributed by atoms with Gasteiger partial charge in [0.2, 0.25) is 0 Å². The monoisotopic (exact) mass is 306 g/mol. The fourth-order valence-electron chi connectivity index (χ4n) is 2.77. The minimum Gasteiger partial charge on any atom is -0.497 e. The standard InChI is InChI=1S/C20H22N2O/c1-15-5-14-20(16-6-12-19(23-4)13-7-16)22(15)18-10-8-17(9-11-18)21(2)3/h5-14H,1-4H3. The summed E-state index contributed by atoms with van der Waals surface area (Å²) in [5, 5.41) is 0. The molecule has 0 unspecified atom stereocenters. The first-order valence-electron chi connectivity index (χ1n) is 7.70. The molecule has 0 atom stereocenters. The van der Waals surface area contributed by atoms with Crippen LogP contribution in [-0.4, -0.2) is 25.8 Å². The first kappa shape index (κ1) is 15.2. The summed E-state index contributed by atoms with van der Waals surface area (Å²) >= 11 is 0. The van der Waals surface area contributed by atoms with Crippen molar-refractivity contribution in [1.29, 1.82) is 0 Å². The van der Waals surface area contributed by atoms with Crippen molar-refractivity contribution in [3.05, 3.63) is 66.4 Å². The average molecular weight is 306 g/mol. The van der Waals surface area contributed by atoms with Gasteiger partial charge in [0.1, 0.15) is 5.75 Å². The molecule has 0 fully saturated rings. The second kappa shape index (κ2) is 6.21. The Kier molecular flexibility index (Phi) is 4.11. The molecule has 0 saturated carbocycles. The minimum atomic E-state index is 0.874. The average Bonchev–Trinajstić information content (AvgIpc) is 2.96. The Morgan fingerprint density at radius 3 is 2.04 bits per heavy atom. The second-order valence-corrected chi connectivity index (χ2v) is 5.83. The first-order valence-corrected chi connectivity index (χ1v) is 7.70. The van der Waals surface area contributed by atoms with Crippen LogP contribution in [0, 0.1) is 6.92 Å². The third-order valence-corrected chi connectivity index (χ3v) is 4.09. The molecule has 0 radical (unpaired) electrons. The van der Waals surface area contributed by atoms with E-state index in [4.69, 9.17) is 4.74 Å². The molecule has 118 valence electrons. The van der Waals surface area contributed by atoms with Gasteiger partial charge in [-0.1, -0.05) is 0 Å². The van der Waals surface area contributed by atoms with Crippen LogP contribution in [0.25, 0.3) is 16.9 Å². The largest absolute Gasteiger partial charge is 0.497 e. The van der Waals surface area contributed by atoms with E-state index in [1.165, 1.54) is 28.3 Å². The second-order valence-electron chi connectivity index (χ2n) is 5.83. The molecule has 3 aromatic rings. The number of ether oxygens (including phenoxy) is 1. The third-order valence-electron chi connectivity index (χ3n) is 4.09. The van der Waals surface area contributed by atoms with Crippen LogP contribution >= 0.6 is 0 Å². The number of hydrogen-bond acceptors (Lipinski definition) is 2. The van der Waals surface area contributed by atoms with E-state index in [1.54, 1.807) is 7.11 Å². The zero-order valence-corrected chi connectivity index (χ0v) is 14.1. The molecule has 1 aromatic heterocycles. The lowest BCUT2D eigenvalue weighted by Gasteiger charge is -2.16. The van der Waals surface area contributed by atoms with Gasteiger partial charge in [0.15, 0.2) is 0 Å². The van der Waals surface area contributed by atoms with Gasteiger partial charge in [0.25, 0.3) is 0 Å². The zero-order valence-electron chi connectivity index (χ0n) is 14.1. The summed E-state index contributed by atoms with van der Waals surface area (Å²) in [6.07, 6.45) is 0. The molecule has 0 saturated heterocycles. The Balaban J connectivity index is 2.04. The summed E-state index contributed by atoms with van der Waals surface area (Å²) in [7, 11) is 5.80. The van der Waals surface area contributed by atoms with Crippen molar-refractivity contribution in [2.45, 2.75) is 6.92 Å². The Labute approximate surface area is 137 Å². The van der Waals surface area contributed by atoms with Gasteiger partial charge in [0, 0.05) is 31.2 Å². The van der Waals surface area contributed by atoms with Crippen LogP contribution in [0.4, 0.5) is 5.69 Å². The van der Waals surface area contributed by atoms with Crippen molar-refractivity contribution >= 4 is 5.69 Å². The van der Waals surface area contributed by atoms with Crippen LogP contribution in [0.1, 0.15) is 5.69 Å². The van der Waals surface area contributed by atoms with E-state index in [0.717, 1.165) is 5.75 Å². The predicted molar refractivity (Wildman–Crippen MR) is 96.8 cm³/mol. The number of aryl methyl sites for hydroxylation is 1. The van der Waals surface area contributed by atoms with Gasteiger partial charge in [-0.25, -0.2) is 0 Å². The molecule has 0 aliphatic rings. The molecule has 2 aromatic carbocycles. The number of methoxy groups -OCH3 is 1. The molecular formula is C20H22N2O. The van der Waals surface area contributed by atoms with Crippen molar-refractivity contribution in [3.63, 3.8) is 0 Å². The maximum absolute atomic E-state index is 5.25. The van der Waals surface area contributed by atoms with Crippen LogP contribution in [0.15, 0.2) is 60.7 Å². The number of anilines is 1. The van der Waals surface area contributed by atoms with Gasteiger partial charge in [0.05, 0.1) is 12.8 Å². The number of rotatable bonds is 4. The summed E-state index contributed by atoms with van der Waals surface area (Å²) < 4.78 is 7.53. The molecule has 3 heteroatoms. The topological polar surface area (TPSA) is 17.4 Å². The quantitative estimate of drug-likeness (QED) is 0.704. The maximum Gasteiger partial charge on any atom is 0.118 e. The van der Waals surface area contributed by atoms with Crippen molar-refractivity contribution < 1.29 is 4.74 Å². The van der Waals surface area contributed by atoms with E-state index in [-0.39, 0.29) is 0 Å². The molecule has 0 amide bonds. The van der Waals surface area contributed by atoms with Crippen LogP contribution in [0.2, 0.25) is 0 Å². The highest BCUT2D eigenvalue weighted by Crippen LogP contribution is 2.28. The normalized spacial score (nSPS) is 10.6. The zero-order chi connectivity index (χ0) is 16.4. The number of benzene rings is 2. The maximum atomic E-state index is 5.25.